The van der Waals surface area contributed by atoms with Crippen molar-refractivity contribution in [2.24, 2.45) is 0 Å². The molecule has 0 aliphatic heterocycles. The van der Waals surface area contributed by atoms with Gasteiger partial charge in [0.25, 0.3) is 0 Å². The van der Waals surface area contributed by atoms with Crippen LogP contribution in [0.1, 0.15) is 12.0 Å². The fraction of sp³-hybridized carbons (Fsp3) is 0.167. The monoisotopic (exact) mass is 430 g/mol. The summed E-state index contributed by atoms with van der Waals surface area (Å²) >= 11 is 0. The van der Waals surface area contributed by atoms with Crippen LogP contribution >= 0.6 is 0 Å². The molecular formula is C12H14O4Pb. The number of carboxylic acid groups (broad SMARTS) is 1. The number of aliphatic carboxylic acids is 1. The zero-order valence-electron chi connectivity index (χ0n) is 9.39. The van der Waals surface area contributed by atoms with Crippen LogP contribution in [0, 0.1) is 0 Å². The molecule has 90 valence electrons. The minimum atomic E-state index is -1.10. The molecule has 2 radical (unpaired) electrons. The van der Waals surface area contributed by atoms with Crippen LogP contribution in [0.15, 0.2) is 42.5 Å². The van der Waals surface area contributed by atoms with Crippen LogP contribution in [0.3, 0.4) is 0 Å². The molecule has 0 saturated carbocycles. The summed E-state index contributed by atoms with van der Waals surface area (Å²) in [4.78, 5) is 21.6. The SMILES string of the molecule is C=C(CC(=O)O)C(=O)OCc1ccccc1.[PbH2]. The molecule has 17 heavy (non-hydrogen) atoms. The molecule has 0 atom stereocenters. The molecule has 4 nitrogen and oxygen atoms in total. The van der Waals surface area contributed by atoms with Gasteiger partial charge in [0, 0.05) is 5.57 Å². The third kappa shape index (κ3) is 6.20. The average Bonchev–Trinajstić information content (AvgIpc) is 2.26. The van der Waals surface area contributed by atoms with Crippen LogP contribution in [0.25, 0.3) is 0 Å². The fourth-order valence-electron chi connectivity index (χ4n) is 1.08. The van der Waals surface area contributed by atoms with Crippen LogP contribution < -0.4 is 0 Å². The average molecular weight is 429 g/mol. The van der Waals surface area contributed by atoms with Gasteiger partial charge in [0.2, 0.25) is 0 Å². The first kappa shape index (κ1) is 15.8. The second kappa shape index (κ2) is 7.99. The van der Waals surface area contributed by atoms with Gasteiger partial charge in [0.15, 0.2) is 0 Å². The number of esters is 1. The Hall–Kier alpha value is -1.18. The maximum atomic E-state index is 11.3. The summed E-state index contributed by atoms with van der Waals surface area (Å²) in [5, 5.41) is 8.45. The molecule has 0 aromatic heterocycles. The third-order valence-electron chi connectivity index (χ3n) is 1.87. The summed E-state index contributed by atoms with van der Waals surface area (Å²) in [6.07, 6.45) is -0.395. The molecule has 0 aliphatic carbocycles. The summed E-state index contributed by atoms with van der Waals surface area (Å²) in [5.74, 6) is -1.77. The van der Waals surface area contributed by atoms with Gasteiger partial charge < -0.3 is 9.84 Å². The first-order valence-corrected chi connectivity index (χ1v) is 4.70. The Bertz CT molecular complexity index is 400. The van der Waals surface area contributed by atoms with Gasteiger partial charge in [-0.3, -0.25) is 4.79 Å². The number of carboxylic acids is 1. The van der Waals surface area contributed by atoms with E-state index in [0.29, 0.717) is 0 Å². The number of benzene rings is 1. The molecule has 1 rings (SSSR count). The van der Waals surface area contributed by atoms with E-state index in [2.05, 4.69) is 6.58 Å². The Morgan fingerprint density at radius 1 is 1.24 bits per heavy atom. The quantitative estimate of drug-likeness (QED) is 0.428. The number of hydrogen-bond donors (Lipinski definition) is 1. The van der Waals surface area contributed by atoms with Gasteiger partial charge in [-0.2, -0.15) is 0 Å². The van der Waals surface area contributed by atoms with Crippen LogP contribution in [-0.2, 0) is 20.9 Å². The molecule has 0 fully saturated rings. The third-order valence-corrected chi connectivity index (χ3v) is 1.87. The molecule has 0 unspecified atom stereocenters. The molecule has 5 heteroatoms. The number of ether oxygens (including phenoxy) is 1. The van der Waals surface area contributed by atoms with Gasteiger partial charge >= 0.3 is 39.2 Å². The van der Waals surface area contributed by atoms with Crippen molar-refractivity contribution in [2.75, 3.05) is 0 Å². The molecule has 1 N–H and O–H groups in total. The van der Waals surface area contributed by atoms with E-state index in [1.54, 1.807) is 0 Å². The molecule has 1 aromatic carbocycles. The summed E-state index contributed by atoms with van der Waals surface area (Å²) in [6, 6.07) is 9.14. The predicted octanol–water partition coefficient (Wildman–Crippen LogP) is 0.844. The van der Waals surface area contributed by atoms with E-state index in [4.69, 9.17) is 9.84 Å². The number of hydrogen-bond acceptors (Lipinski definition) is 3. The Kier molecular flexibility index (Phi) is 7.44. The van der Waals surface area contributed by atoms with Crippen molar-refractivity contribution in [1.82, 2.24) is 0 Å². The van der Waals surface area contributed by atoms with E-state index in [1.165, 1.54) is 0 Å². The van der Waals surface area contributed by atoms with Crippen molar-refractivity contribution in [3.8, 4) is 0 Å². The van der Waals surface area contributed by atoms with E-state index in [9.17, 15) is 9.59 Å². The second-order valence-corrected chi connectivity index (χ2v) is 3.24. The molecule has 0 bridgehead atoms. The van der Waals surface area contributed by atoms with E-state index in [0.717, 1.165) is 5.56 Å². The topological polar surface area (TPSA) is 63.6 Å². The molecule has 0 saturated heterocycles. The van der Waals surface area contributed by atoms with Crippen LogP contribution in [0.5, 0.6) is 0 Å². The van der Waals surface area contributed by atoms with Crippen molar-refractivity contribution in [3.63, 3.8) is 0 Å². The summed E-state index contributed by atoms with van der Waals surface area (Å²) < 4.78 is 4.89. The summed E-state index contributed by atoms with van der Waals surface area (Å²) in [7, 11) is 0. The summed E-state index contributed by atoms with van der Waals surface area (Å²) in [5.41, 5.74) is 0.794. The fourth-order valence-corrected chi connectivity index (χ4v) is 1.08. The van der Waals surface area contributed by atoms with Crippen molar-refractivity contribution < 1.29 is 19.4 Å². The predicted molar refractivity (Wildman–Crippen MR) is 66.2 cm³/mol. The van der Waals surface area contributed by atoms with Gasteiger partial charge in [0.1, 0.15) is 6.61 Å². The van der Waals surface area contributed by atoms with Crippen LogP contribution in [0.4, 0.5) is 0 Å². The van der Waals surface area contributed by atoms with Gasteiger partial charge in [-0.25, -0.2) is 4.79 Å². The number of rotatable bonds is 5. The van der Waals surface area contributed by atoms with Crippen molar-refractivity contribution in [2.45, 2.75) is 13.0 Å². The normalized spacial score (nSPS) is 8.94. The number of carbonyl (C=O) groups is 2. The van der Waals surface area contributed by atoms with E-state index in [1.807, 2.05) is 30.3 Å². The molecule has 0 spiro atoms. The second-order valence-electron chi connectivity index (χ2n) is 3.24. The van der Waals surface area contributed by atoms with E-state index >= 15 is 0 Å². The van der Waals surface area contributed by atoms with Gasteiger partial charge in [-0.15, -0.1) is 0 Å². The Labute approximate surface area is 119 Å². The first-order chi connectivity index (χ1) is 7.59. The van der Waals surface area contributed by atoms with Crippen molar-refractivity contribution in [3.05, 3.63) is 48.0 Å². The minimum absolute atomic E-state index is 0. The van der Waals surface area contributed by atoms with Gasteiger partial charge in [-0.1, -0.05) is 36.9 Å². The Balaban J connectivity index is 0.00000256. The Morgan fingerprint density at radius 3 is 2.35 bits per heavy atom. The molecule has 0 heterocycles. The number of carbonyl (C=O) groups excluding carboxylic acids is 1. The Morgan fingerprint density at radius 2 is 1.82 bits per heavy atom. The van der Waals surface area contributed by atoms with E-state index in [-0.39, 0.29) is 39.5 Å². The first-order valence-electron chi connectivity index (χ1n) is 4.70. The standard InChI is InChI=1S/C12H12O4.Pb.2H/c1-9(7-11(13)14)12(15)16-8-10-5-3-2-4-6-10;;;/h2-6H,1,7-8H2,(H,13,14);;;. The zero-order valence-corrected chi connectivity index (χ0v) is 14.9. The summed E-state index contributed by atoms with van der Waals surface area (Å²) in [6.45, 7) is 3.48. The van der Waals surface area contributed by atoms with Gasteiger partial charge in [-0.05, 0) is 5.56 Å². The molecular weight excluding hydrogens is 415 g/mol. The van der Waals surface area contributed by atoms with Crippen LogP contribution in [-0.4, -0.2) is 44.3 Å². The molecule has 0 aliphatic rings. The maximum absolute atomic E-state index is 11.3. The van der Waals surface area contributed by atoms with Crippen molar-refractivity contribution in [1.29, 1.82) is 0 Å². The zero-order chi connectivity index (χ0) is 12.0. The van der Waals surface area contributed by atoms with Crippen LogP contribution in [0.2, 0.25) is 0 Å². The van der Waals surface area contributed by atoms with Gasteiger partial charge in [0.05, 0.1) is 6.42 Å². The van der Waals surface area contributed by atoms with E-state index < -0.39 is 18.4 Å². The molecule has 0 amide bonds. The van der Waals surface area contributed by atoms with Crippen molar-refractivity contribution >= 4 is 39.2 Å². The molecule has 1 aromatic rings.